The van der Waals surface area contributed by atoms with Gasteiger partial charge in [-0.1, -0.05) is 6.07 Å². The third kappa shape index (κ3) is 5.06. The lowest BCUT2D eigenvalue weighted by molar-refractivity contribution is -0.0164. The van der Waals surface area contributed by atoms with Crippen molar-refractivity contribution in [2.24, 2.45) is 4.99 Å². The first-order valence-electron chi connectivity index (χ1n) is 11.7. The molecule has 3 aliphatic rings. The monoisotopic (exact) mass is 414 g/mol. The topological polar surface area (TPSA) is 65.0 Å². The zero-order chi connectivity index (χ0) is 20.8. The Kier molecular flexibility index (Phi) is 7.10. The van der Waals surface area contributed by atoms with Crippen LogP contribution < -0.4 is 15.5 Å². The number of guanidine groups is 1. The van der Waals surface area contributed by atoms with Gasteiger partial charge >= 0.3 is 0 Å². The summed E-state index contributed by atoms with van der Waals surface area (Å²) in [6.07, 6.45) is 9.02. The maximum Gasteiger partial charge on any atom is 0.191 e. The van der Waals surface area contributed by atoms with Crippen molar-refractivity contribution in [3.8, 4) is 0 Å². The molecule has 166 valence electrons. The fraction of sp³-hybridized carbons (Fsp3) is 0.739. The summed E-state index contributed by atoms with van der Waals surface area (Å²) in [7, 11) is 1.88. The van der Waals surface area contributed by atoms with E-state index in [1.807, 2.05) is 13.2 Å². The van der Waals surface area contributed by atoms with Gasteiger partial charge in [0.15, 0.2) is 5.96 Å². The first-order chi connectivity index (χ1) is 14.7. The Morgan fingerprint density at radius 2 is 1.90 bits per heavy atom. The summed E-state index contributed by atoms with van der Waals surface area (Å²) in [5.41, 5.74) is 1.42. The van der Waals surface area contributed by atoms with Gasteiger partial charge in [0.25, 0.3) is 0 Å². The molecule has 7 nitrogen and oxygen atoms in total. The summed E-state index contributed by atoms with van der Waals surface area (Å²) in [6.45, 7) is 9.27. The molecule has 0 unspecified atom stereocenters. The van der Waals surface area contributed by atoms with Gasteiger partial charge in [-0.15, -0.1) is 0 Å². The van der Waals surface area contributed by atoms with Gasteiger partial charge in [-0.3, -0.25) is 9.89 Å². The number of hydrogen-bond acceptors (Lipinski definition) is 5. The van der Waals surface area contributed by atoms with Crippen molar-refractivity contribution < 1.29 is 4.74 Å². The van der Waals surface area contributed by atoms with Crippen LogP contribution in [0.4, 0.5) is 5.82 Å². The number of pyridine rings is 1. The summed E-state index contributed by atoms with van der Waals surface area (Å²) in [5, 5.41) is 7.35. The quantitative estimate of drug-likeness (QED) is 0.569. The second kappa shape index (κ2) is 9.96. The lowest BCUT2D eigenvalue weighted by atomic mass is 9.88. The van der Waals surface area contributed by atoms with Crippen LogP contribution in [0, 0.1) is 6.92 Å². The van der Waals surface area contributed by atoms with Gasteiger partial charge in [0.05, 0.1) is 0 Å². The van der Waals surface area contributed by atoms with Gasteiger partial charge in [0.1, 0.15) is 5.82 Å². The molecule has 7 heteroatoms. The molecule has 3 aliphatic heterocycles. The third-order valence-electron chi connectivity index (χ3n) is 7.06. The normalized spacial score (nSPS) is 23.5. The molecule has 0 saturated carbocycles. The molecule has 0 aliphatic carbocycles. The van der Waals surface area contributed by atoms with Crippen LogP contribution in [0.2, 0.25) is 0 Å². The van der Waals surface area contributed by atoms with Crippen LogP contribution in [0.15, 0.2) is 23.3 Å². The van der Waals surface area contributed by atoms with Crippen LogP contribution in [0.5, 0.6) is 0 Å². The number of aryl methyl sites for hydroxylation is 1. The molecule has 0 aromatic carbocycles. The van der Waals surface area contributed by atoms with E-state index in [0.717, 1.165) is 70.3 Å². The largest absolute Gasteiger partial charge is 0.381 e. The molecule has 1 aromatic rings. The molecule has 3 saturated heterocycles. The molecular weight excluding hydrogens is 376 g/mol. The number of piperidine rings is 1. The van der Waals surface area contributed by atoms with E-state index in [4.69, 9.17) is 4.74 Å². The highest BCUT2D eigenvalue weighted by molar-refractivity contribution is 5.80. The highest BCUT2D eigenvalue weighted by atomic mass is 16.5. The average molecular weight is 415 g/mol. The van der Waals surface area contributed by atoms with E-state index in [0.29, 0.717) is 6.04 Å². The number of nitrogens with zero attached hydrogens (tertiary/aromatic N) is 4. The van der Waals surface area contributed by atoms with Crippen molar-refractivity contribution in [3.63, 3.8) is 0 Å². The predicted octanol–water partition coefficient (Wildman–Crippen LogP) is 2.17. The average Bonchev–Trinajstić information content (AvgIpc) is 3.34. The zero-order valence-corrected chi connectivity index (χ0v) is 18.7. The fourth-order valence-corrected chi connectivity index (χ4v) is 5.08. The van der Waals surface area contributed by atoms with Crippen molar-refractivity contribution >= 4 is 11.8 Å². The second-order valence-electron chi connectivity index (χ2n) is 9.06. The number of aromatic nitrogens is 1. The number of nitrogens with one attached hydrogen (secondary N) is 2. The molecular formula is C23H38N6O. The first kappa shape index (κ1) is 21.4. The lowest BCUT2D eigenvalue weighted by Gasteiger charge is -2.45. The minimum Gasteiger partial charge on any atom is -0.381 e. The SMILES string of the molecule is CN=C(NCC1(N2CCCC2)CCOCC1)NC1CCN(c2ccc(C)cn2)CC1. The zero-order valence-electron chi connectivity index (χ0n) is 18.7. The summed E-state index contributed by atoms with van der Waals surface area (Å²) in [5.74, 6) is 2.03. The van der Waals surface area contributed by atoms with Crippen molar-refractivity contribution in [2.45, 2.75) is 57.0 Å². The van der Waals surface area contributed by atoms with Crippen molar-refractivity contribution in [2.75, 3.05) is 57.9 Å². The summed E-state index contributed by atoms with van der Waals surface area (Å²) >= 11 is 0. The van der Waals surface area contributed by atoms with Crippen LogP contribution in [-0.2, 0) is 4.74 Å². The molecule has 0 bridgehead atoms. The van der Waals surface area contributed by atoms with Crippen molar-refractivity contribution in [1.82, 2.24) is 20.5 Å². The number of ether oxygens (including phenoxy) is 1. The van der Waals surface area contributed by atoms with Gasteiger partial charge in [0.2, 0.25) is 0 Å². The molecule has 1 aromatic heterocycles. The highest BCUT2D eigenvalue weighted by Crippen LogP contribution is 2.30. The van der Waals surface area contributed by atoms with Crippen molar-refractivity contribution in [3.05, 3.63) is 23.9 Å². The molecule has 4 heterocycles. The van der Waals surface area contributed by atoms with Crippen LogP contribution >= 0.6 is 0 Å². The van der Waals surface area contributed by atoms with Crippen molar-refractivity contribution in [1.29, 1.82) is 0 Å². The van der Waals surface area contributed by atoms with Gasteiger partial charge in [-0.25, -0.2) is 4.98 Å². The highest BCUT2D eigenvalue weighted by Gasteiger charge is 2.39. The Labute approximate surface area is 181 Å². The molecule has 0 radical (unpaired) electrons. The fourth-order valence-electron chi connectivity index (χ4n) is 5.08. The molecule has 0 atom stereocenters. The summed E-state index contributed by atoms with van der Waals surface area (Å²) in [4.78, 5) is 14.2. The van der Waals surface area contributed by atoms with Gasteiger partial charge < -0.3 is 20.3 Å². The van der Waals surface area contributed by atoms with E-state index in [1.54, 1.807) is 0 Å². The lowest BCUT2D eigenvalue weighted by Crippen LogP contribution is -2.59. The Hall–Kier alpha value is -1.86. The molecule has 0 amide bonds. The van der Waals surface area contributed by atoms with Crippen LogP contribution in [0.1, 0.15) is 44.1 Å². The Morgan fingerprint density at radius 3 is 2.53 bits per heavy atom. The maximum atomic E-state index is 5.68. The predicted molar refractivity (Wildman–Crippen MR) is 122 cm³/mol. The van der Waals surface area contributed by atoms with Gasteiger partial charge in [-0.05, 0) is 70.2 Å². The first-order valence-corrected chi connectivity index (χ1v) is 11.7. The van der Waals surface area contributed by atoms with Gasteiger partial charge in [0, 0.05) is 57.7 Å². The number of aliphatic imine (C=N–C) groups is 1. The minimum atomic E-state index is 0.215. The standard InChI is InChI=1S/C23H38N6O/c1-19-5-6-21(25-17-19)28-13-7-20(8-14-28)27-22(24-2)26-18-23(9-15-30-16-10-23)29-11-3-4-12-29/h5-6,17,20H,3-4,7-16,18H2,1-2H3,(H2,24,26,27). The number of likely N-dealkylation sites (tertiary alicyclic amines) is 1. The van der Waals surface area contributed by atoms with E-state index in [-0.39, 0.29) is 5.54 Å². The smallest absolute Gasteiger partial charge is 0.191 e. The van der Waals surface area contributed by atoms with E-state index in [9.17, 15) is 0 Å². The molecule has 2 N–H and O–H groups in total. The molecule has 3 fully saturated rings. The number of anilines is 1. The Morgan fingerprint density at radius 1 is 1.17 bits per heavy atom. The minimum absolute atomic E-state index is 0.215. The van der Waals surface area contributed by atoms with Crippen LogP contribution in [0.3, 0.4) is 0 Å². The molecule has 0 spiro atoms. The second-order valence-corrected chi connectivity index (χ2v) is 9.06. The number of rotatable bonds is 5. The molecule has 4 rings (SSSR count). The van der Waals surface area contributed by atoms with Crippen LogP contribution in [-0.4, -0.2) is 80.4 Å². The van der Waals surface area contributed by atoms with E-state index < -0.39 is 0 Å². The summed E-state index contributed by atoms with van der Waals surface area (Å²) < 4.78 is 5.68. The maximum absolute atomic E-state index is 5.68. The number of hydrogen-bond donors (Lipinski definition) is 2. The Bertz CT molecular complexity index is 686. The van der Waals surface area contributed by atoms with E-state index in [2.05, 4.69) is 49.5 Å². The third-order valence-corrected chi connectivity index (χ3v) is 7.06. The summed E-state index contributed by atoms with van der Waals surface area (Å²) in [6, 6.07) is 4.73. The van der Waals surface area contributed by atoms with E-state index >= 15 is 0 Å². The van der Waals surface area contributed by atoms with Gasteiger partial charge in [-0.2, -0.15) is 0 Å². The van der Waals surface area contributed by atoms with E-state index in [1.165, 1.54) is 31.5 Å². The van der Waals surface area contributed by atoms with Crippen LogP contribution in [0.25, 0.3) is 0 Å². The molecule has 30 heavy (non-hydrogen) atoms. The Balaban J connectivity index is 1.28.